The summed E-state index contributed by atoms with van der Waals surface area (Å²) in [6, 6.07) is 0.334. The fourth-order valence-electron chi connectivity index (χ4n) is 2.30. The number of aromatic carboxylic acids is 1. The maximum Gasteiger partial charge on any atom is 0.354 e. The second-order valence-electron chi connectivity index (χ2n) is 4.14. The molecule has 2 rings (SSSR count). The van der Waals surface area contributed by atoms with Gasteiger partial charge in [-0.1, -0.05) is 25.7 Å². The van der Waals surface area contributed by atoms with Crippen LogP contribution in [0, 0.1) is 0 Å². The van der Waals surface area contributed by atoms with Crippen molar-refractivity contribution >= 4 is 5.97 Å². The van der Waals surface area contributed by atoms with Gasteiger partial charge in [0.2, 0.25) is 0 Å². The first-order valence-corrected chi connectivity index (χ1v) is 5.54. The van der Waals surface area contributed by atoms with E-state index in [1.54, 1.807) is 6.33 Å². The third kappa shape index (κ3) is 2.19. The van der Waals surface area contributed by atoms with Gasteiger partial charge in [-0.3, -0.25) is 0 Å². The Hall–Kier alpha value is -1.32. The molecule has 4 nitrogen and oxygen atoms in total. The second-order valence-corrected chi connectivity index (χ2v) is 4.14. The van der Waals surface area contributed by atoms with Crippen LogP contribution in [0.4, 0.5) is 0 Å². The SMILES string of the molecule is O=C(O)c1cncn1C1CCCCCC1. The summed E-state index contributed by atoms with van der Waals surface area (Å²) in [5.74, 6) is -0.878. The summed E-state index contributed by atoms with van der Waals surface area (Å²) in [6.07, 6.45) is 10.2. The maximum atomic E-state index is 11.0. The van der Waals surface area contributed by atoms with Gasteiger partial charge in [0, 0.05) is 6.04 Å². The highest BCUT2D eigenvalue weighted by molar-refractivity contribution is 5.85. The Morgan fingerprint density at radius 2 is 2.00 bits per heavy atom. The smallest absolute Gasteiger partial charge is 0.354 e. The number of carbonyl (C=O) groups is 1. The summed E-state index contributed by atoms with van der Waals surface area (Å²) in [5, 5.41) is 8.99. The number of nitrogens with zero attached hydrogens (tertiary/aromatic N) is 2. The van der Waals surface area contributed by atoms with Crippen LogP contribution in [-0.2, 0) is 0 Å². The van der Waals surface area contributed by atoms with Gasteiger partial charge in [-0.25, -0.2) is 9.78 Å². The average Bonchev–Trinajstić information content (AvgIpc) is 2.55. The zero-order valence-electron chi connectivity index (χ0n) is 8.72. The van der Waals surface area contributed by atoms with Gasteiger partial charge in [0.25, 0.3) is 0 Å². The van der Waals surface area contributed by atoms with Crippen molar-refractivity contribution in [3.63, 3.8) is 0 Å². The Balaban J connectivity index is 2.19. The van der Waals surface area contributed by atoms with E-state index in [0.29, 0.717) is 11.7 Å². The predicted molar refractivity (Wildman–Crippen MR) is 55.9 cm³/mol. The molecule has 1 saturated carbocycles. The van der Waals surface area contributed by atoms with Crippen molar-refractivity contribution in [3.05, 3.63) is 18.2 Å². The van der Waals surface area contributed by atoms with Crippen LogP contribution in [0.1, 0.15) is 55.1 Å². The molecule has 0 saturated heterocycles. The molecule has 0 bridgehead atoms. The third-order valence-corrected chi connectivity index (χ3v) is 3.10. The van der Waals surface area contributed by atoms with E-state index < -0.39 is 5.97 Å². The summed E-state index contributed by atoms with van der Waals surface area (Å²) >= 11 is 0. The first kappa shape index (κ1) is 10.2. The Morgan fingerprint density at radius 3 is 2.60 bits per heavy atom. The highest BCUT2D eigenvalue weighted by Gasteiger charge is 2.19. The van der Waals surface area contributed by atoms with Crippen molar-refractivity contribution in [2.24, 2.45) is 0 Å². The summed E-state index contributed by atoms with van der Waals surface area (Å²) in [4.78, 5) is 14.9. The van der Waals surface area contributed by atoms with Crippen LogP contribution in [-0.4, -0.2) is 20.6 Å². The van der Waals surface area contributed by atoms with Gasteiger partial charge >= 0.3 is 5.97 Å². The summed E-state index contributed by atoms with van der Waals surface area (Å²) < 4.78 is 1.83. The van der Waals surface area contributed by atoms with Gasteiger partial charge in [0.15, 0.2) is 0 Å². The zero-order valence-corrected chi connectivity index (χ0v) is 8.72. The fourth-order valence-corrected chi connectivity index (χ4v) is 2.30. The van der Waals surface area contributed by atoms with Gasteiger partial charge in [-0.2, -0.15) is 0 Å². The van der Waals surface area contributed by atoms with Gasteiger partial charge in [-0.15, -0.1) is 0 Å². The molecule has 1 N–H and O–H groups in total. The molecule has 0 atom stereocenters. The lowest BCUT2D eigenvalue weighted by Gasteiger charge is -2.17. The fraction of sp³-hybridized carbons (Fsp3) is 0.636. The number of hydrogen-bond donors (Lipinski definition) is 1. The highest BCUT2D eigenvalue weighted by atomic mass is 16.4. The van der Waals surface area contributed by atoms with Crippen molar-refractivity contribution in [1.82, 2.24) is 9.55 Å². The second kappa shape index (κ2) is 4.47. The molecule has 1 fully saturated rings. The molecule has 1 aliphatic carbocycles. The van der Waals surface area contributed by atoms with Crippen molar-refractivity contribution in [2.75, 3.05) is 0 Å². The molecule has 1 aromatic rings. The van der Waals surface area contributed by atoms with Crippen molar-refractivity contribution in [1.29, 1.82) is 0 Å². The Kier molecular flexibility index (Phi) is 3.04. The van der Waals surface area contributed by atoms with Crippen LogP contribution >= 0.6 is 0 Å². The molecule has 0 aliphatic heterocycles. The number of carboxylic acid groups (broad SMARTS) is 1. The predicted octanol–water partition coefficient (Wildman–Crippen LogP) is 2.48. The zero-order chi connectivity index (χ0) is 10.7. The van der Waals surface area contributed by atoms with Gasteiger partial charge in [0.1, 0.15) is 5.69 Å². The van der Waals surface area contributed by atoms with Crippen LogP contribution in [0.15, 0.2) is 12.5 Å². The average molecular weight is 208 g/mol. The molecule has 15 heavy (non-hydrogen) atoms. The van der Waals surface area contributed by atoms with Crippen LogP contribution in [0.25, 0.3) is 0 Å². The largest absolute Gasteiger partial charge is 0.477 e. The van der Waals surface area contributed by atoms with Crippen molar-refractivity contribution in [2.45, 2.75) is 44.6 Å². The van der Waals surface area contributed by atoms with E-state index in [1.165, 1.54) is 31.9 Å². The molecule has 1 aromatic heterocycles. The van der Waals surface area contributed by atoms with Crippen LogP contribution in [0.5, 0.6) is 0 Å². The molecule has 4 heteroatoms. The lowest BCUT2D eigenvalue weighted by atomic mass is 10.1. The highest BCUT2D eigenvalue weighted by Crippen LogP contribution is 2.27. The molecule has 1 heterocycles. The minimum Gasteiger partial charge on any atom is -0.477 e. The number of carboxylic acids is 1. The molecule has 1 aliphatic rings. The van der Waals surface area contributed by atoms with E-state index in [9.17, 15) is 4.79 Å². The normalized spacial score (nSPS) is 18.7. The van der Waals surface area contributed by atoms with E-state index >= 15 is 0 Å². The molecule has 0 unspecified atom stereocenters. The first-order valence-electron chi connectivity index (χ1n) is 5.54. The Bertz CT molecular complexity index is 338. The van der Waals surface area contributed by atoms with E-state index in [-0.39, 0.29) is 0 Å². The van der Waals surface area contributed by atoms with Crippen molar-refractivity contribution in [3.8, 4) is 0 Å². The molecule has 0 amide bonds. The minimum atomic E-state index is -0.878. The molecule has 0 aromatic carbocycles. The van der Waals surface area contributed by atoms with Gasteiger partial charge in [-0.05, 0) is 12.8 Å². The van der Waals surface area contributed by atoms with Crippen LogP contribution in [0.3, 0.4) is 0 Å². The quantitative estimate of drug-likeness (QED) is 0.759. The van der Waals surface area contributed by atoms with E-state index in [4.69, 9.17) is 5.11 Å². The standard InChI is InChI=1S/C11H16N2O2/c14-11(15)10-7-12-8-13(10)9-5-3-1-2-4-6-9/h7-9H,1-6H2,(H,14,15). The number of aromatic nitrogens is 2. The summed E-state index contributed by atoms with van der Waals surface area (Å²) in [5.41, 5.74) is 0.321. The Morgan fingerprint density at radius 1 is 1.33 bits per heavy atom. The van der Waals surface area contributed by atoms with E-state index in [1.807, 2.05) is 4.57 Å². The molecule has 0 spiro atoms. The Labute approximate surface area is 88.9 Å². The minimum absolute atomic E-state index is 0.321. The van der Waals surface area contributed by atoms with E-state index in [2.05, 4.69) is 4.98 Å². The van der Waals surface area contributed by atoms with E-state index in [0.717, 1.165) is 12.8 Å². The molecule has 0 radical (unpaired) electrons. The van der Waals surface area contributed by atoms with Crippen LogP contribution < -0.4 is 0 Å². The lowest BCUT2D eigenvalue weighted by Crippen LogP contribution is -2.13. The number of hydrogen-bond acceptors (Lipinski definition) is 2. The molecular formula is C11H16N2O2. The van der Waals surface area contributed by atoms with Gasteiger partial charge < -0.3 is 9.67 Å². The summed E-state index contributed by atoms with van der Waals surface area (Å²) in [6.45, 7) is 0. The molecule has 82 valence electrons. The summed E-state index contributed by atoms with van der Waals surface area (Å²) in [7, 11) is 0. The van der Waals surface area contributed by atoms with Crippen molar-refractivity contribution < 1.29 is 9.90 Å². The van der Waals surface area contributed by atoms with Gasteiger partial charge in [0.05, 0.1) is 12.5 Å². The maximum absolute atomic E-state index is 11.0. The monoisotopic (exact) mass is 208 g/mol. The topological polar surface area (TPSA) is 55.1 Å². The molecular weight excluding hydrogens is 192 g/mol. The first-order chi connectivity index (χ1) is 7.29. The number of rotatable bonds is 2. The van der Waals surface area contributed by atoms with Crippen LogP contribution in [0.2, 0.25) is 0 Å². The number of imidazole rings is 1. The lowest BCUT2D eigenvalue weighted by molar-refractivity contribution is 0.0682. The third-order valence-electron chi connectivity index (χ3n) is 3.10.